The highest BCUT2D eigenvalue weighted by Crippen LogP contribution is 2.20. The van der Waals surface area contributed by atoms with Crippen LogP contribution in [0.1, 0.15) is 153 Å². The van der Waals surface area contributed by atoms with Gasteiger partial charge in [0.2, 0.25) is 0 Å². The molecule has 1 heteroatoms. The van der Waals surface area contributed by atoms with E-state index in [-0.39, 0.29) is 0 Å². The van der Waals surface area contributed by atoms with Crippen LogP contribution in [0.25, 0.3) is 0 Å². The van der Waals surface area contributed by atoms with E-state index in [4.69, 9.17) is 0 Å². The number of hydrogen-bond acceptors (Lipinski definition) is 1. The van der Waals surface area contributed by atoms with Gasteiger partial charge in [0.25, 0.3) is 0 Å². The van der Waals surface area contributed by atoms with Crippen molar-refractivity contribution in [3.63, 3.8) is 0 Å². The lowest BCUT2D eigenvalue weighted by atomic mass is 9.93. The van der Waals surface area contributed by atoms with E-state index in [0.717, 1.165) is 12.8 Å². The predicted molar refractivity (Wildman–Crippen MR) is 138 cm³/mol. The normalized spacial score (nSPS) is 11.4. The summed E-state index contributed by atoms with van der Waals surface area (Å²) in [7, 11) is 0. The number of carbonyl (C=O) groups excluding carboxylic acids is 1. The summed E-state index contributed by atoms with van der Waals surface area (Å²) in [5.41, 5.74) is 2.56. The van der Waals surface area contributed by atoms with Crippen LogP contribution >= 0.6 is 0 Å². The fraction of sp³-hybridized carbons (Fsp3) is 0.767. The highest BCUT2D eigenvalue weighted by atomic mass is 16.1. The Bertz CT molecular complexity index is 545. The van der Waals surface area contributed by atoms with Gasteiger partial charge in [-0.2, -0.15) is 0 Å². The van der Waals surface area contributed by atoms with Crippen LogP contribution in [0.4, 0.5) is 0 Å². The Hall–Kier alpha value is -1.11. The van der Waals surface area contributed by atoms with E-state index in [1.165, 1.54) is 114 Å². The van der Waals surface area contributed by atoms with Crippen LogP contribution in [0.5, 0.6) is 0 Å². The first-order valence-electron chi connectivity index (χ1n) is 13.7. The van der Waals surface area contributed by atoms with Crippen molar-refractivity contribution in [2.45, 2.75) is 149 Å². The Morgan fingerprint density at radius 1 is 0.645 bits per heavy atom. The van der Waals surface area contributed by atoms with Crippen LogP contribution < -0.4 is 0 Å². The van der Waals surface area contributed by atoms with Gasteiger partial charge >= 0.3 is 0 Å². The highest BCUT2D eigenvalue weighted by Gasteiger charge is 2.10. The maximum absolute atomic E-state index is 12.3. The lowest BCUT2D eigenvalue weighted by Crippen LogP contribution is -2.06. The van der Waals surface area contributed by atoms with E-state index in [9.17, 15) is 4.79 Å². The van der Waals surface area contributed by atoms with Crippen molar-refractivity contribution < 1.29 is 4.79 Å². The summed E-state index contributed by atoms with van der Waals surface area (Å²) >= 11 is 0. The van der Waals surface area contributed by atoms with Gasteiger partial charge in [0, 0.05) is 12.8 Å². The summed E-state index contributed by atoms with van der Waals surface area (Å²) < 4.78 is 0. The first-order chi connectivity index (χ1) is 15.1. The maximum Gasteiger partial charge on any atom is 0.137 e. The molecule has 0 aromatic heterocycles. The Labute approximate surface area is 194 Å². The number of hydrogen-bond donors (Lipinski definition) is 0. The summed E-state index contributed by atoms with van der Waals surface area (Å²) in [6.45, 7) is 6.71. The van der Waals surface area contributed by atoms with Crippen molar-refractivity contribution in [3.05, 3.63) is 35.4 Å². The third-order valence-corrected chi connectivity index (χ3v) is 6.62. The van der Waals surface area contributed by atoms with E-state index < -0.39 is 0 Å². The van der Waals surface area contributed by atoms with Gasteiger partial charge in [0.15, 0.2) is 0 Å². The SMILES string of the molecule is CCCCCCCCCCCCCCCCCCCC(=O)Cc1ccccc1C(C)C. The molecule has 0 atom stereocenters. The van der Waals surface area contributed by atoms with E-state index in [0.29, 0.717) is 18.1 Å². The first kappa shape index (κ1) is 27.9. The fourth-order valence-corrected chi connectivity index (χ4v) is 4.61. The largest absolute Gasteiger partial charge is 0.299 e. The minimum absolute atomic E-state index is 0.411. The molecule has 0 radical (unpaired) electrons. The molecular weight excluding hydrogens is 376 g/mol. The number of unbranched alkanes of at least 4 members (excludes halogenated alkanes) is 16. The van der Waals surface area contributed by atoms with E-state index >= 15 is 0 Å². The van der Waals surface area contributed by atoms with Gasteiger partial charge in [-0.25, -0.2) is 0 Å². The van der Waals surface area contributed by atoms with Crippen LogP contribution in [0, 0.1) is 0 Å². The molecule has 1 aromatic rings. The summed E-state index contributed by atoms with van der Waals surface area (Å²) in [6.07, 6.45) is 24.9. The highest BCUT2D eigenvalue weighted by molar-refractivity contribution is 5.81. The van der Waals surface area contributed by atoms with E-state index in [2.05, 4.69) is 45.0 Å². The first-order valence-corrected chi connectivity index (χ1v) is 13.7. The Kier molecular flexibility index (Phi) is 17.6. The van der Waals surface area contributed by atoms with Gasteiger partial charge in [-0.1, -0.05) is 148 Å². The number of rotatable bonds is 21. The summed E-state index contributed by atoms with van der Waals surface area (Å²) in [5, 5.41) is 0. The molecule has 0 saturated heterocycles. The zero-order chi connectivity index (χ0) is 22.6. The molecule has 1 nitrogen and oxygen atoms in total. The Morgan fingerprint density at radius 2 is 1.06 bits per heavy atom. The van der Waals surface area contributed by atoms with E-state index in [1.54, 1.807) is 0 Å². The molecule has 0 bridgehead atoms. The number of carbonyl (C=O) groups is 1. The van der Waals surface area contributed by atoms with E-state index in [1.807, 2.05) is 0 Å². The molecule has 0 amide bonds. The summed E-state index contributed by atoms with van der Waals surface area (Å²) in [4.78, 5) is 12.3. The van der Waals surface area contributed by atoms with Crippen molar-refractivity contribution in [2.75, 3.05) is 0 Å². The second-order valence-corrected chi connectivity index (χ2v) is 9.98. The third-order valence-electron chi connectivity index (χ3n) is 6.62. The van der Waals surface area contributed by atoms with Crippen LogP contribution in [0.15, 0.2) is 24.3 Å². The lowest BCUT2D eigenvalue weighted by Gasteiger charge is -2.12. The number of Topliss-reactive ketones (excluding diaryl/α,β-unsaturated/α-hetero) is 1. The zero-order valence-electron chi connectivity index (χ0n) is 21.2. The van der Waals surface area contributed by atoms with Crippen molar-refractivity contribution in [2.24, 2.45) is 0 Å². The summed E-state index contributed by atoms with van der Waals surface area (Å²) in [6, 6.07) is 8.44. The van der Waals surface area contributed by atoms with Gasteiger partial charge in [0.05, 0.1) is 0 Å². The Morgan fingerprint density at radius 3 is 1.52 bits per heavy atom. The molecule has 0 saturated carbocycles. The lowest BCUT2D eigenvalue weighted by molar-refractivity contribution is -0.118. The van der Waals surface area contributed by atoms with Crippen LogP contribution in [0.2, 0.25) is 0 Å². The molecule has 0 N–H and O–H groups in total. The van der Waals surface area contributed by atoms with Crippen LogP contribution in [0.3, 0.4) is 0 Å². The molecule has 31 heavy (non-hydrogen) atoms. The molecule has 178 valence electrons. The molecule has 0 spiro atoms. The standard InChI is InChI=1S/C30H52O/c1-4-5-6-7-8-9-10-11-12-13-14-15-16-17-18-19-20-24-29(31)26-28-23-21-22-25-30(28)27(2)3/h21-23,25,27H,4-20,24,26H2,1-3H3. The molecule has 0 unspecified atom stereocenters. The average molecular weight is 429 g/mol. The fourth-order valence-electron chi connectivity index (χ4n) is 4.61. The molecule has 1 aromatic carbocycles. The minimum atomic E-state index is 0.411. The predicted octanol–water partition coefficient (Wildman–Crippen LogP) is 9.96. The third kappa shape index (κ3) is 15.4. The van der Waals surface area contributed by atoms with Gasteiger partial charge in [-0.15, -0.1) is 0 Å². The smallest absolute Gasteiger partial charge is 0.137 e. The van der Waals surface area contributed by atoms with Crippen LogP contribution in [-0.4, -0.2) is 5.78 Å². The van der Waals surface area contributed by atoms with Gasteiger partial charge in [-0.3, -0.25) is 4.79 Å². The monoisotopic (exact) mass is 428 g/mol. The van der Waals surface area contributed by atoms with Gasteiger partial charge < -0.3 is 0 Å². The molecule has 1 rings (SSSR count). The molecule has 0 aliphatic heterocycles. The Balaban J connectivity index is 1.87. The molecule has 0 aliphatic carbocycles. The second-order valence-electron chi connectivity index (χ2n) is 9.98. The zero-order valence-corrected chi connectivity index (χ0v) is 21.2. The topological polar surface area (TPSA) is 17.1 Å². The van der Waals surface area contributed by atoms with Crippen molar-refractivity contribution in [1.29, 1.82) is 0 Å². The average Bonchev–Trinajstić information content (AvgIpc) is 2.76. The molecule has 0 fully saturated rings. The van der Waals surface area contributed by atoms with Crippen molar-refractivity contribution >= 4 is 5.78 Å². The van der Waals surface area contributed by atoms with Gasteiger partial charge in [-0.05, 0) is 23.5 Å². The molecule has 0 heterocycles. The quantitative estimate of drug-likeness (QED) is 0.178. The number of benzene rings is 1. The maximum atomic E-state index is 12.3. The summed E-state index contributed by atoms with van der Waals surface area (Å²) in [5.74, 6) is 0.901. The second kappa shape index (κ2) is 19.6. The molecular formula is C30H52O. The van der Waals surface area contributed by atoms with Crippen LogP contribution in [-0.2, 0) is 11.2 Å². The molecule has 0 aliphatic rings. The van der Waals surface area contributed by atoms with Gasteiger partial charge in [0.1, 0.15) is 5.78 Å². The van der Waals surface area contributed by atoms with Crippen molar-refractivity contribution in [3.8, 4) is 0 Å². The number of ketones is 1. The van der Waals surface area contributed by atoms with Crippen molar-refractivity contribution in [1.82, 2.24) is 0 Å². The minimum Gasteiger partial charge on any atom is -0.299 e.